The minimum Gasteiger partial charge on any atom is -0.444 e. The van der Waals surface area contributed by atoms with Crippen molar-refractivity contribution >= 4 is 39.2 Å². The molecule has 286 valence electrons. The van der Waals surface area contributed by atoms with Crippen molar-refractivity contribution in [3.05, 3.63) is 36.0 Å². The summed E-state index contributed by atoms with van der Waals surface area (Å²) < 4.78 is 44.4. The van der Waals surface area contributed by atoms with Crippen molar-refractivity contribution in [2.75, 3.05) is 66.1 Å². The van der Waals surface area contributed by atoms with E-state index in [0.29, 0.717) is 24.2 Å². The Kier molecular flexibility index (Phi) is 13.7. The van der Waals surface area contributed by atoms with Crippen molar-refractivity contribution in [1.82, 2.24) is 28.9 Å². The molecule has 1 fully saturated rings. The fourth-order valence-electron chi connectivity index (χ4n) is 5.07. The molecule has 0 radical (unpaired) electrons. The summed E-state index contributed by atoms with van der Waals surface area (Å²) in [7, 11) is -2.74. The molecule has 15 nitrogen and oxygen atoms in total. The van der Waals surface area contributed by atoms with Gasteiger partial charge in [0.25, 0.3) is 0 Å². The lowest BCUT2D eigenvalue weighted by Gasteiger charge is -2.35. The molecule has 16 heteroatoms. The first-order valence-electron chi connectivity index (χ1n) is 17.1. The van der Waals surface area contributed by atoms with E-state index in [1.807, 2.05) is 4.90 Å². The number of carbonyl (C=O) groups excluding carboxylic acids is 3. The molecule has 1 saturated heterocycles. The minimum absolute atomic E-state index is 0.0335. The smallest absolute Gasteiger partial charge is 0.410 e. The van der Waals surface area contributed by atoms with Crippen LogP contribution in [0.4, 0.5) is 14.4 Å². The summed E-state index contributed by atoms with van der Waals surface area (Å²) in [6, 6.07) is 8.43. The quantitative estimate of drug-likeness (QED) is 0.344. The highest BCUT2D eigenvalue weighted by Crippen LogP contribution is 2.25. The summed E-state index contributed by atoms with van der Waals surface area (Å²) in [6.07, 6.45) is -1.64. The van der Waals surface area contributed by atoms with Crippen LogP contribution in [0.15, 0.2) is 35.2 Å². The highest BCUT2D eigenvalue weighted by atomic mass is 32.2. The van der Waals surface area contributed by atoms with Gasteiger partial charge in [0.15, 0.2) is 0 Å². The second kappa shape index (κ2) is 16.7. The van der Waals surface area contributed by atoms with Gasteiger partial charge in [-0.1, -0.05) is 18.2 Å². The molecule has 1 aliphatic rings. The molecule has 3 amide bonds. The predicted octanol–water partition coefficient (Wildman–Crippen LogP) is 4.33. The summed E-state index contributed by atoms with van der Waals surface area (Å²) in [5.74, 6) is 0. The number of nitrogens with zero attached hydrogens (tertiary/aromatic N) is 6. The van der Waals surface area contributed by atoms with E-state index in [2.05, 4.69) is 0 Å². The average molecular weight is 737 g/mol. The Morgan fingerprint density at radius 2 is 1.12 bits per heavy atom. The number of aliphatic hydroxyl groups is 1. The van der Waals surface area contributed by atoms with Crippen LogP contribution < -0.4 is 0 Å². The molecule has 0 spiro atoms. The van der Waals surface area contributed by atoms with Crippen molar-refractivity contribution in [3.8, 4) is 0 Å². The van der Waals surface area contributed by atoms with E-state index in [1.54, 1.807) is 96.4 Å². The normalized spacial score (nSPS) is 16.4. The number of sulfonamides is 1. The molecular weight excluding hydrogens is 680 g/mol. The number of fused-ring (bicyclic) bond motifs is 1. The van der Waals surface area contributed by atoms with Crippen LogP contribution in [0.5, 0.6) is 0 Å². The lowest BCUT2D eigenvalue weighted by atomic mass is 10.2. The number of carbonyl (C=O) groups is 3. The lowest BCUT2D eigenvalue weighted by molar-refractivity contribution is 0.00447. The molecular formula is C35H56N6O9S. The number of amides is 3. The molecule has 2 heterocycles. The first-order chi connectivity index (χ1) is 23.5. The van der Waals surface area contributed by atoms with Gasteiger partial charge in [0, 0.05) is 71.3 Å². The second-order valence-corrected chi connectivity index (χ2v) is 17.6. The zero-order valence-corrected chi connectivity index (χ0v) is 32.6. The van der Waals surface area contributed by atoms with E-state index in [9.17, 15) is 27.9 Å². The molecule has 0 aliphatic carbocycles. The maximum atomic E-state index is 13.4. The van der Waals surface area contributed by atoms with Crippen molar-refractivity contribution in [2.24, 2.45) is 0 Å². The first-order valence-corrected chi connectivity index (χ1v) is 18.5. The van der Waals surface area contributed by atoms with Gasteiger partial charge < -0.3 is 34.0 Å². The third-order valence-electron chi connectivity index (χ3n) is 7.62. The SMILES string of the molecule is CN(CO)S(=O)(=O)c1cccc2ccc(CN3CCN(C(=O)OC(C)(C)C)CCN(C(=O)OC(C)(C)C)CCN(C(=O)OC(C)(C)C)CC3)nc12. The fourth-order valence-corrected chi connectivity index (χ4v) is 6.22. The number of hydrogen-bond donors (Lipinski definition) is 1. The molecule has 0 unspecified atom stereocenters. The van der Waals surface area contributed by atoms with Crippen LogP contribution in [0.2, 0.25) is 0 Å². The maximum Gasteiger partial charge on any atom is 0.410 e. The monoisotopic (exact) mass is 736 g/mol. The van der Waals surface area contributed by atoms with Gasteiger partial charge in [-0.2, -0.15) is 4.31 Å². The Morgan fingerprint density at radius 3 is 1.51 bits per heavy atom. The minimum atomic E-state index is -4.02. The van der Waals surface area contributed by atoms with E-state index in [4.69, 9.17) is 19.2 Å². The van der Waals surface area contributed by atoms with Crippen LogP contribution in [0, 0.1) is 0 Å². The molecule has 3 rings (SSSR count). The van der Waals surface area contributed by atoms with E-state index < -0.39 is 51.8 Å². The highest BCUT2D eigenvalue weighted by molar-refractivity contribution is 7.89. The highest BCUT2D eigenvalue weighted by Gasteiger charge is 2.30. The van der Waals surface area contributed by atoms with Gasteiger partial charge in [-0.05, 0) is 74.4 Å². The van der Waals surface area contributed by atoms with Crippen LogP contribution in [0.3, 0.4) is 0 Å². The molecule has 1 N–H and O–H groups in total. The number of aromatic nitrogens is 1. The number of pyridine rings is 1. The number of rotatable bonds is 5. The van der Waals surface area contributed by atoms with Gasteiger partial charge in [-0.15, -0.1) is 0 Å². The van der Waals surface area contributed by atoms with E-state index in [1.165, 1.54) is 18.0 Å². The number of hydrogen-bond acceptors (Lipinski definition) is 11. The summed E-state index contributed by atoms with van der Waals surface area (Å²) in [5.41, 5.74) is -1.44. The van der Waals surface area contributed by atoms with E-state index in [-0.39, 0.29) is 56.2 Å². The molecule has 0 bridgehead atoms. The summed E-state index contributed by atoms with van der Waals surface area (Å²) >= 11 is 0. The molecule has 0 saturated carbocycles. The summed E-state index contributed by atoms with van der Waals surface area (Å²) in [4.78, 5) is 51.5. The number of benzene rings is 1. The first kappa shape index (κ1) is 41.7. The Bertz CT molecular complexity index is 1590. The van der Waals surface area contributed by atoms with Gasteiger partial charge in [0.05, 0.1) is 11.2 Å². The predicted molar refractivity (Wildman–Crippen MR) is 192 cm³/mol. The molecule has 1 aromatic carbocycles. The number of para-hydroxylation sites is 1. The van der Waals surface area contributed by atoms with Crippen LogP contribution in [0.1, 0.15) is 68.0 Å². The average Bonchev–Trinajstić information content (AvgIpc) is 2.98. The van der Waals surface area contributed by atoms with Crippen LogP contribution >= 0.6 is 0 Å². The molecule has 2 aromatic rings. The van der Waals surface area contributed by atoms with E-state index in [0.717, 1.165) is 4.31 Å². The van der Waals surface area contributed by atoms with E-state index >= 15 is 0 Å². The topological polar surface area (TPSA) is 162 Å². The standard InChI is InChI=1S/C35H56N6O9S/c1-33(2,3)48-30(43)39-18-16-38(24-27-15-14-26-12-11-13-28(29(26)36-27)51(46,47)37(10)25-42)17-19-40(31(44)49-34(4,5)6)21-23-41(22-20-39)32(45)50-35(7,8)9/h11-15,42H,16-25H2,1-10H3. The lowest BCUT2D eigenvalue weighted by Crippen LogP contribution is -2.51. The van der Waals surface area contributed by atoms with Crippen LogP contribution in [0.25, 0.3) is 10.9 Å². The summed E-state index contributed by atoms with van der Waals surface area (Å²) in [6.45, 7) is 17.2. The van der Waals surface area contributed by atoms with Gasteiger partial charge >= 0.3 is 18.3 Å². The van der Waals surface area contributed by atoms with Gasteiger partial charge in [-0.3, -0.25) is 9.88 Å². The number of aliphatic hydroxyl groups excluding tert-OH is 1. The van der Waals surface area contributed by atoms with Gasteiger partial charge in [-0.25, -0.2) is 22.8 Å². The maximum absolute atomic E-state index is 13.4. The Hall–Kier alpha value is -3.73. The molecule has 1 aliphatic heterocycles. The van der Waals surface area contributed by atoms with Crippen molar-refractivity contribution in [3.63, 3.8) is 0 Å². The van der Waals surface area contributed by atoms with Gasteiger partial charge in [0.1, 0.15) is 28.4 Å². The molecule has 0 atom stereocenters. The Morgan fingerprint density at radius 1 is 0.706 bits per heavy atom. The Balaban J connectivity index is 2.01. The van der Waals surface area contributed by atoms with Crippen molar-refractivity contribution in [1.29, 1.82) is 0 Å². The van der Waals surface area contributed by atoms with Crippen LogP contribution in [-0.4, -0.2) is 144 Å². The zero-order valence-electron chi connectivity index (χ0n) is 31.8. The fraction of sp³-hybridized carbons (Fsp3) is 0.657. The number of ether oxygens (including phenoxy) is 3. The summed E-state index contributed by atoms with van der Waals surface area (Å²) in [5, 5.41) is 10.2. The zero-order chi connectivity index (χ0) is 38.4. The second-order valence-electron chi connectivity index (χ2n) is 15.6. The third kappa shape index (κ3) is 12.8. The Labute approximate surface area is 302 Å². The van der Waals surface area contributed by atoms with Gasteiger partial charge in [0.2, 0.25) is 10.0 Å². The van der Waals surface area contributed by atoms with Crippen molar-refractivity contribution < 1.29 is 42.1 Å². The largest absolute Gasteiger partial charge is 0.444 e. The molecule has 51 heavy (non-hydrogen) atoms. The van der Waals surface area contributed by atoms with Crippen LogP contribution in [-0.2, 0) is 30.8 Å². The van der Waals surface area contributed by atoms with Crippen molar-refractivity contribution in [2.45, 2.75) is 90.6 Å². The molecule has 1 aromatic heterocycles. The third-order valence-corrected chi connectivity index (χ3v) is 9.44.